The predicted molar refractivity (Wildman–Crippen MR) is 175 cm³/mol. The van der Waals surface area contributed by atoms with Crippen LogP contribution in [-0.2, 0) is 21.2 Å². The third-order valence-corrected chi connectivity index (χ3v) is 19.3. The summed E-state index contributed by atoms with van der Waals surface area (Å²) in [5, 5.41) is 0. The molecule has 2 aliphatic rings. The summed E-state index contributed by atoms with van der Waals surface area (Å²) in [6, 6.07) is 32.1. The molecule has 8 nitrogen and oxygen atoms in total. The molecule has 0 saturated carbocycles. The van der Waals surface area contributed by atoms with Crippen molar-refractivity contribution in [3.05, 3.63) is 141 Å². The van der Waals surface area contributed by atoms with Crippen LogP contribution < -0.4 is 11.2 Å². The molecule has 4 aromatic rings. The molecule has 9 heteroatoms. The Bertz CT molecular complexity index is 1540. The van der Waals surface area contributed by atoms with Crippen molar-refractivity contribution in [1.29, 1.82) is 0 Å². The number of aromatic amines is 1. The molecule has 2 fully saturated rings. The Morgan fingerprint density at radius 3 is 1.76 bits per heavy atom. The summed E-state index contributed by atoms with van der Waals surface area (Å²) >= 11 is -3.54. The van der Waals surface area contributed by atoms with E-state index in [0.717, 1.165) is 51.2 Å². The predicted octanol–water partition coefficient (Wildman–Crippen LogP) is 6.27. The third-order valence-electron chi connectivity index (χ3n) is 8.94. The van der Waals surface area contributed by atoms with Gasteiger partial charge in [-0.25, -0.2) is 0 Å². The molecule has 6 rings (SSSR count). The van der Waals surface area contributed by atoms with Crippen molar-refractivity contribution in [1.82, 2.24) is 9.55 Å². The molecule has 0 bridgehead atoms. The first kappa shape index (κ1) is 31.9. The minimum absolute atomic E-state index is 0.196. The number of ether oxygens (including phenoxy) is 2. The second kappa shape index (κ2) is 14.2. The monoisotopic (exact) mass is 718 g/mol. The summed E-state index contributed by atoms with van der Waals surface area (Å²) in [5.41, 5.74) is 1.07. The molecule has 3 aromatic carbocycles. The first-order valence-corrected chi connectivity index (χ1v) is 22.5. The summed E-state index contributed by atoms with van der Waals surface area (Å²) in [5.74, 6) is 0. The van der Waals surface area contributed by atoms with E-state index in [9.17, 15) is 9.59 Å². The van der Waals surface area contributed by atoms with Crippen LogP contribution in [0, 0.1) is 0 Å². The molecule has 2 saturated heterocycles. The Kier molecular flexibility index (Phi) is 10.1. The summed E-state index contributed by atoms with van der Waals surface area (Å²) < 4.78 is 31.2. The first-order valence-electron chi connectivity index (χ1n) is 16.1. The average molecular weight is 717 g/mol. The van der Waals surface area contributed by atoms with Crippen LogP contribution in [-0.4, -0.2) is 53.7 Å². The maximum absolute atomic E-state index is 13.0. The number of rotatable bonds is 13. The SMILES string of the molecule is CCC[CH2][Sn]1([CH2]CCC)[O][C@H]2[C@H]([O]1)[C@@H](n1ccc(=O)[nH]c1=O)O[C@H]2COC(c1ccccc1)(c1ccccc1)c1ccccc1. The normalized spacial score (nSPS) is 22.4. The van der Waals surface area contributed by atoms with Crippen LogP contribution >= 0.6 is 0 Å². The number of H-pyrrole nitrogens is 1. The van der Waals surface area contributed by atoms with Crippen molar-refractivity contribution in [2.75, 3.05) is 6.61 Å². The Morgan fingerprint density at radius 1 is 0.756 bits per heavy atom. The second-order valence-electron chi connectivity index (χ2n) is 12.0. The van der Waals surface area contributed by atoms with E-state index in [2.05, 4.69) is 55.2 Å². The number of fused-ring (bicyclic) bond motifs is 1. The first-order chi connectivity index (χ1) is 22.0. The summed E-state index contributed by atoms with van der Waals surface area (Å²) in [6.07, 6.45) is 3.60. The summed E-state index contributed by atoms with van der Waals surface area (Å²) in [7, 11) is 0. The van der Waals surface area contributed by atoms with E-state index in [1.165, 1.54) is 16.8 Å². The molecule has 3 heterocycles. The summed E-state index contributed by atoms with van der Waals surface area (Å²) in [4.78, 5) is 27.3. The van der Waals surface area contributed by atoms with Gasteiger partial charge in [-0.3, -0.25) is 0 Å². The van der Waals surface area contributed by atoms with Crippen LogP contribution in [0.25, 0.3) is 0 Å². The second-order valence-corrected chi connectivity index (χ2v) is 21.4. The maximum atomic E-state index is 13.0. The molecule has 0 aliphatic carbocycles. The number of hydrogen-bond donors (Lipinski definition) is 1. The number of hydrogen-bond acceptors (Lipinski definition) is 6. The van der Waals surface area contributed by atoms with Gasteiger partial charge in [0.05, 0.1) is 0 Å². The quantitative estimate of drug-likeness (QED) is 0.130. The van der Waals surface area contributed by atoms with Crippen molar-refractivity contribution in [2.24, 2.45) is 0 Å². The van der Waals surface area contributed by atoms with E-state index in [1.54, 1.807) is 0 Å². The zero-order valence-corrected chi connectivity index (χ0v) is 28.8. The molecule has 0 amide bonds. The van der Waals surface area contributed by atoms with Gasteiger partial charge in [-0.15, -0.1) is 0 Å². The number of benzene rings is 3. The molecule has 2 aliphatic heterocycles. The van der Waals surface area contributed by atoms with E-state index in [0.29, 0.717) is 0 Å². The molecular formula is C36H42N2O6Sn. The van der Waals surface area contributed by atoms with E-state index in [4.69, 9.17) is 15.6 Å². The molecule has 0 unspecified atom stereocenters. The minimum atomic E-state index is -3.54. The van der Waals surface area contributed by atoms with Crippen LogP contribution in [0.15, 0.2) is 113 Å². The van der Waals surface area contributed by atoms with Gasteiger partial charge in [0.1, 0.15) is 0 Å². The number of aromatic nitrogens is 2. The van der Waals surface area contributed by atoms with Gasteiger partial charge < -0.3 is 0 Å². The molecule has 236 valence electrons. The molecule has 1 N–H and O–H groups in total. The fourth-order valence-corrected chi connectivity index (χ4v) is 18.4. The molecular weight excluding hydrogens is 675 g/mol. The molecule has 1 aromatic heterocycles. The molecule has 4 atom stereocenters. The summed E-state index contributed by atoms with van der Waals surface area (Å²) in [6.45, 7) is 4.57. The molecule has 45 heavy (non-hydrogen) atoms. The van der Waals surface area contributed by atoms with Crippen molar-refractivity contribution in [3.63, 3.8) is 0 Å². The van der Waals surface area contributed by atoms with Crippen LogP contribution in [0.4, 0.5) is 0 Å². The van der Waals surface area contributed by atoms with Crippen LogP contribution in [0.1, 0.15) is 62.4 Å². The van der Waals surface area contributed by atoms with Gasteiger partial charge in [0.2, 0.25) is 0 Å². The van der Waals surface area contributed by atoms with Crippen LogP contribution in [0.5, 0.6) is 0 Å². The average Bonchev–Trinajstić information content (AvgIpc) is 3.61. The van der Waals surface area contributed by atoms with Crippen molar-refractivity contribution < 1.29 is 15.6 Å². The van der Waals surface area contributed by atoms with Crippen molar-refractivity contribution in [3.8, 4) is 0 Å². The topological polar surface area (TPSA) is 91.8 Å². The molecule has 0 radical (unpaired) electrons. The zero-order valence-electron chi connectivity index (χ0n) is 26.0. The number of nitrogens with zero attached hydrogens (tertiary/aromatic N) is 1. The Labute approximate surface area is 269 Å². The van der Waals surface area contributed by atoms with Gasteiger partial charge >= 0.3 is 270 Å². The van der Waals surface area contributed by atoms with Gasteiger partial charge in [0.25, 0.3) is 0 Å². The van der Waals surface area contributed by atoms with E-state index in [1.807, 2.05) is 54.6 Å². The van der Waals surface area contributed by atoms with E-state index >= 15 is 0 Å². The number of nitrogens with one attached hydrogen (secondary N) is 1. The van der Waals surface area contributed by atoms with E-state index < -0.39 is 60.6 Å². The van der Waals surface area contributed by atoms with Crippen molar-refractivity contribution in [2.45, 2.75) is 78.5 Å². The Morgan fingerprint density at radius 2 is 1.27 bits per heavy atom. The zero-order chi connectivity index (χ0) is 31.3. The van der Waals surface area contributed by atoms with E-state index in [-0.39, 0.29) is 6.61 Å². The van der Waals surface area contributed by atoms with Gasteiger partial charge in [-0.05, 0) is 0 Å². The van der Waals surface area contributed by atoms with Crippen LogP contribution in [0.3, 0.4) is 0 Å². The van der Waals surface area contributed by atoms with Crippen molar-refractivity contribution >= 4 is 19.2 Å². The molecule has 0 spiro atoms. The standard InChI is InChI=1S/C28H24N2O6.2C4H9.Sn/c31-23-16-17-30(27(34)29-23)26-25(33)24(32)22(36-26)18-35-28(19-10-4-1-5-11-19,20-12-6-2-7-13-20)21-14-8-3-9-15-21;2*1-3-4-2;/h1-17,22,24-26H,18H2,(H,29,31,34);2*1,3-4H2,2H3;/q-2;;;+2/t22-,24+,25-,26-;;;/m0.../s1. The number of unbranched alkanes of at least 4 members (excludes halogenated alkanes) is 2. The Hall–Kier alpha value is -3.02. The van der Waals surface area contributed by atoms with Gasteiger partial charge in [0.15, 0.2) is 0 Å². The fraction of sp³-hybridized carbons (Fsp3) is 0.389. The fourth-order valence-electron chi connectivity index (χ4n) is 6.71. The van der Waals surface area contributed by atoms with Gasteiger partial charge in [-0.1, -0.05) is 0 Å². The third kappa shape index (κ3) is 6.49. The Balaban J connectivity index is 1.40. The van der Waals surface area contributed by atoms with Gasteiger partial charge in [-0.2, -0.15) is 0 Å². The van der Waals surface area contributed by atoms with Crippen LogP contribution in [0.2, 0.25) is 8.87 Å². The van der Waals surface area contributed by atoms with Gasteiger partial charge in [0, 0.05) is 0 Å².